The van der Waals surface area contributed by atoms with Crippen molar-refractivity contribution in [3.8, 4) is 0 Å². The average Bonchev–Trinajstić information content (AvgIpc) is 3.12. The minimum absolute atomic E-state index is 0.0251. The van der Waals surface area contributed by atoms with Crippen molar-refractivity contribution in [2.75, 3.05) is 6.54 Å². The number of hydrazone groups is 1. The van der Waals surface area contributed by atoms with Crippen LogP contribution in [0.4, 0.5) is 5.69 Å². The molecule has 1 amide bonds. The second kappa shape index (κ2) is 7.45. The summed E-state index contributed by atoms with van der Waals surface area (Å²) in [5, 5.41) is 19.8. The van der Waals surface area contributed by atoms with Crippen molar-refractivity contribution in [2.45, 2.75) is 12.5 Å². The molecule has 0 aliphatic carbocycles. The van der Waals surface area contributed by atoms with Crippen molar-refractivity contribution >= 4 is 17.3 Å². The molecule has 2 aromatic carbocycles. The molecule has 0 radical (unpaired) electrons. The summed E-state index contributed by atoms with van der Waals surface area (Å²) in [6, 6.07) is 15.0. The Morgan fingerprint density at radius 1 is 1.27 bits per heavy atom. The number of carbonyl (C=O) groups is 1. The van der Waals surface area contributed by atoms with E-state index in [4.69, 9.17) is 5.53 Å². The number of nitrogens with zero attached hydrogens (tertiary/aromatic N) is 6. The molecule has 3 rings (SSSR count). The van der Waals surface area contributed by atoms with Gasteiger partial charge in [0, 0.05) is 23.5 Å². The van der Waals surface area contributed by atoms with Crippen LogP contribution in [0.2, 0.25) is 0 Å². The summed E-state index contributed by atoms with van der Waals surface area (Å²) in [4.78, 5) is 25.3. The molecular formula is C17H14N6O3. The number of hydrogen-bond donors (Lipinski definition) is 0. The zero-order valence-corrected chi connectivity index (χ0v) is 13.6. The average molecular weight is 350 g/mol. The lowest BCUT2D eigenvalue weighted by Crippen LogP contribution is -2.28. The smallest absolute Gasteiger partial charge is 0.269 e. The van der Waals surface area contributed by atoms with Gasteiger partial charge in [-0.15, -0.1) is 0 Å². The second-order valence-electron chi connectivity index (χ2n) is 5.61. The van der Waals surface area contributed by atoms with Crippen LogP contribution in [-0.2, 0) is 4.79 Å². The molecule has 0 unspecified atom stereocenters. The predicted octanol–water partition coefficient (Wildman–Crippen LogP) is 3.58. The Hall–Kier alpha value is -3.71. The fraction of sp³-hybridized carbons (Fsp3) is 0.176. The molecule has 0 spiro atoms. The van der Waals surface area contributed by atoms with Crippen LogP contribution in [0, 0.1) is 10.1 Å². The van der Waals surface area contributed by atoms with Gasteiger partial charge in [0.05, 0.1) is 16.7 Å². The molecule has 1 aliphatic heterocycles. The maximum Gasteiger partial charge on any atom is 0.269 e. The van der Waals surface area contributed by atoms with Gasteiger partial charge in [0.2, 0.25) is 5.91 Å². The Balaban J connectivity index is 1.93. The van der Waals surface area contributed by atoms with Gasteiger partial charge in [-0.1, -0.05) is 47.6 Å². The summed E-state index contributed by atoms with van der Waals surface area (Å²) in [6.45, 7) is -0.342. The van der Waals surface area contributed by atoms with Crippen molar-refractivity contribution in [1.82, 2.24) is 5.01 Å². The van der Waals surface area contributed by atoms with Crippen molar-refractivity contribution in [2.24, 2.45) is 10.2 Å². The minimum Gasteiger partial charge on any atom is -0.273 e. The van der Waals surface area contributed by atoms with E-state index in [0.717, 1.165) is 16.8 Å². The lowest BCUT2D eigenvalue weighted by Gasteiger charge is -2.21. The number of hydrogen-bond acceptors (Lipinski definition) is 5. The molecule has 9 heteroatoms. The van der Waals surface area contributed by atoms with Gasteiger partial charge in [-0.3, -0.25) is 14.9 Å². The molecule has 130 valence electrons. The topological polar surface area (TPSA) is 125 Å². The third kappa shape index (κ3) is 3.52. The summed E-state index contributed by atoms with van der Waals surface area (Å²) in [5.41, 5.74) is 10.8. The van der Waals surface area contributed by atoms with E-state index in [0.29, 0.717) is 6.42 Å². The normalized spacial score (nSPS) is 15.9. The third-order valence-electron chi connectivity index (χ3n) is 4.03. The number of benzene rings is 2. The monoisotopic (exact) mass is 350 g/mol. The van der Waals surface area contributed by atoms with Crippen LogP contribution in [0.15, 0.2) is 64.8 Å². The van der Waals surface area contributed by atoms with Gasteiger partial charge < -0.3 is 0 Å². The summed E-state index contributed by atoms with van der Waals surface area (Å²) in [7, 11) is 0. The first kappa shape index (κ1) is 17.1. The van der Waals surface area contributed by atoms with Gasteiger partial charge in [0.1, 0.15) is 6.54 Å². The molecule has 0 saturated heterocycles. The van der Waals surface area contributed by atoms with Crippen LogP contribution in [-0.4, -0.2) is 28.1 Å². The highest BCUT2D eigenvalue weighted by Crippen LogP contribution is 2.33. The summed E-state index contributed by atoms with van der Waals surface area (Å²) >= 11 is 0. The zero-order chi connectivity index (χ0) is 18.5. The number of nitro groups is 1. The summed E-state index contributed by atoms with van der Waals surface area (Å²) in [6.07, 6.45) is 0.462. The zero-order valence-electron chi connectivity index (χ0n) is 13.6. The number of non-ortho nitro benzene ring substituents is 1. The minimum atomic E-state index is -0.477. The molecule has 1 atom stereocenters. The van der Waals surface area contributed by atoms with Gasteiger partial charge >= 0.3 is 0 Å². The lowest BCUT2D eigenvalue weighted by atomic mass is 9.98. The van der Waals surface area contributed by atoms with Gasteiger partial charge in [0.15, 0.2) is 0 Å². The fourth-order valence-electron chi connectivity index (χ4n) is 2.79. The maximum atomic E-state index is 12.4. The molecule has 0 aromatic heterocycles. The van der Waals surface area contributed by atoms with E-state index in [1.54, 1.807) is 12.1 Å². The molecule has 1 aliphatic rings. The standard InChI is InChI=1S/C17H14N6O3/c18-21-19-11-17(24)22-16(13-6-8-14(9-7-13)23(25)26)10-15(20-22)12-4-2-1-3-5-12/h1-9,16H,10-11H2/t16-/m0/s1. The van der Waals surface area contributed by atoms with Crippen LogP contribution < -0.4 is 0 Å². The van der Waals surface area contributed by atoms with Crippen LogP contribution in [0.5, 0.6) is 0 Å². The Morgan fingerprint density at radius 3 is 2.58 bits per heavy atom. The van der Waals surface area contributed by atoms with Crippen LogP contribution in [0.1, 0.15) is 23.6 Å². The summed E-state index contributed by atoms with van der Waals surface area (Å²) < 4.78 is 0. The first-order valence-corrected chi connectivity index (χ1v) is 7.80. The fourth-order valence-corrected chi connectivity index (χ4v) is 2.79. The molecule has 0 N–H and O–H groups in total. The molecule has 1 heterocycles. The number of carbonyl (C=O) groups excluding carboxylic acids is 1. The first-order chi connectivity index (χ1) is 12.6. The quantitative estimate of drug-likeness (QED) is 0.269. The summed E-state index contributed by atoms with van der Waals surface area (Å²) in [5.74, 6) is -0.433. The predicted molar refractivity (Wildman–Crippen MR) is 94.3 cm³/mol. The maximum absolute atomic E-state index is 12.4. The van der Waals surface area contributed by atoms with Gasteiger partial charge in [-0.05, 0) is 16.7 Å². The number of rotatable bonds is 5. The van der Waals surface area contributed by atoms with Crippen molar-refractivity contribution < 1.29 is 9.72 Å². The second-order valence-corrected chi connectivity index (χ2v) is 5.61. The van der Waals surface area contributed by atoms with Crippen molar-refractivity contribution in [3.05, 3.63) is 86.3 Å². The number of amides is 1. The largest absolute Gasteiger partial charge is 0.273 e. The van der Waals surface area contributed by atoms with Crippen molar-refractivity contribution in [1.29, 1.82) is 0 Å². The molecule has 0 bridgehead atoms. The van der Waals surface area contributed by atoms with Gasteiger partial charge in [-0.2, -0.15) is 5.10 Å². The SMILES string of the molecule is [N-]=[N+]=NCC(=O)N1N=C(c2ccccc2)C[C@H]1c1ccc([N+](=O)[O-])cc1. The third-order valence-corrected chi connectivity index (χ3v) is 4.03. The highest BCUT2D eigenvalue weighted by molar-refractivity contribution is 6.03. The van der Waals surface area contributed by atoms with Crippen LogP contribution in [0.25, 0.3) is 10.4 Å². The van der Waals surface area contributed by atoms with E-state index < -0.39 is 16.9 Å². The highest BCUT2D eigenvalue weighted by Gasteiger charge is 2.32. The Labute approximate surface area is 148 Å². The first-order valence-electron chi connectivity index (χ1n) is 7.80. The van der Waals surface area contributed by atoms with E-state index in [1.807, 2.05) is 30.3 Å². The molecular weight excluding hydrogens is 336 g/mol. The molecule has 2 aromatic rings. The van der Waals surface area contributed by atoms with Gasteiger partial charge in [-0.25, -0.2) is 5.01 Å². The van der Waals surface area contributed by atoms with Gasteiger partial charge in [0.25, 0.3) is 5.69 Å². The lowest BCUT2D eigenvalue weighted by molar-refractivity contribution is -0.384. The van der Waals surface area contributed by atoms with Crippen molar-refractivity contribution in [3.63, 3.8) is 0 Å². The highest BCUT2D eigenvalue weighted by atomic mass is 16.6. The van der Waals surface area contributed by atoms with Crippen LogP contribution in [0.3, 0.4) is 0 Å². The van der Waals surface area contributed by atoms with E-state index in [-0.39, 0.29) is 12.2 Å². The van der Waals surface area contributed by atoms with Crippen LogP contribution >= 0.6 is 0 Å². The molecule has 0 fully saturated rings. The van der Waals surface area contributed by atoms with E-state index in [2.05, 4.69) is 15.1 Å². The molecule has 26 heavy (non-hydrogen) atoms. The Bertz CT molecular complexity index is 904. The van der Waals surface area contributed by atoms with E-state index >= 15 is 0 Å². The molecule has 0 saturated carbocycles. The Morgan fingerprint density at radius 2 is 1.96 bits per heavy atom. The van der Waals surface area contributed by atoms with E-state index in [1.165, 1.54) is 17.1 Å². The number of azide groups is 1. The molecule has 9 nitrogen and oxygen atoms in total. The number of nitro benzene ring substituents is 1. The van der Waals surface area contributed by atoms with E-state index in [9.17, 15) is 14.9 Å². The Kier molecular flexibility index (Phi) is 4.91.